The van der Waals surface area contributed by atoms with Crippen LogP contribution in [0.3, 0.4) is 0 Å². The lowest BCUT2D eigenvalue weighted by Crippen LogP contribution is -2.26. The third kappa shape index (κ3) is 7.78. The van der Waals surface area contributed by atoms with E-state index in [4.69, 9.17) is 4.74 Å². The lowest BCUT2D eigenvalue weighted by molar-refractivity contribution is -0.116. The number of carbonyl (C=O) groups is 1. The number of nitrogens with one attached hydrogen (secondary N) is 1. The van der Waals surface area contributed by atoms with Crippen molar-refractivity contribution >= 4 is 5.91 Å². The SMILES string of the molecule is C=CC(=O)NCCOc1ccc(-c2ccc(-c3ccc(C4CCC(CCCCC)CC4)cc3)cc2F)cc1F. The Morgan fingerprint density at radius 1 is 0.923 bits per heavy atom. The minimum Gasteiger partial charge on any atom is -0.489 e. The Bertz CT molecular complexity index is 1250. The molecule has 1 fully saturated rings. The molecule has 0 radical (unpaired) electrons. The fraction of sp³-hybridized carbons (Fsp3) is 0.382. The number of ether oxygens (including phenoxy) is 1. The Balaban J connectivity index is 1.36. The van der Waals surface area contributed by atoms with Gasteiger partial charge in [-0.2, -0.15) is 0 Å². The quantitative estimate of drug-likeness (QED) is 0.187. The molecule has 0 unspecified atom stereocenters. The zero-order chi connectivity index (χ0) is 27.6. The van der Waals surface area contributed by atoms with Gasteiger partial charge in [-0.3, -0.25) is 4.79 Å². The van der Waals surface area contributed by atoms with Gasteiger partial charge < -0.3 is 10.1 Å². The largest absolute Gasteiger partial charge is 0.489 e. The number of amides is 1. The molecule has 0 bridgehead atoms. The van der Waals surface area contributed by atoms with Gasteiger partial charge in [-0.1, -0.05) is 81.7 Å². The van der Waals surface area contributed by atoms with Crippen molar-refractivity contribution in [3.05, 3.63) is 90.5 Å². The summed E-state index contributed by atoms with van der Waals surface area (Å²) >= 11 is 0. The van der Waals surface area contributed by atoms with E-state index in [-0.39, 0.29) is 24.8 Å². The Labute approximate surface area is 231 Å². The number of rotatable bonds is 12. The molecule has 0 aromatic heterocycles. The molecular weight excluding hydrogens is 492 g/mol. The predicted molar refractivity (Wildman–Crippen MR) is 155 cm³/mol. The molecule has 5 heteroatoms. The average Bonchev–Trinajstić information content (AvgIpc) is 2.96. The second-order valence-electron chi connectivity index (χ2n) is 10.5. The highest BCUT2D eigenvalue weighted by molar-refractivity contribution is 5.86. The molecule has 3 aromatic rings. The summed E-state index contributed by atoms with van der Waals surface area (Å²) in [5.74, 6) is 0.249. The van der Waals surface area contributed by atoms with Gasteiger partial charge in [0.15, 0.2) is 11.6 Å². The van der Waals surface area contributed by atoms with Crippen LogP contribution in [0.4, 0.5) is 8.78 Å². The first-order valence-electron chi connectivity index (χ1n) is 14.2. The zero-order valence-electron chi connectivity index (χ0n) is 22.9. The van der Waals surface area contributed by atoms with E-state index in [1.807, 2.05) is 6.07 Å². The fourth-order valence-electron chi connectivity index (χ4n) is 5.54. The highest BCUT2D eigenvalue weighted by Crippen LogP contribution is 2.38. The van der Waals surface area contributed by atoms with E-state index < -0.39 is 11.6 Å². The molecule has 0 spiro atoms. The first-order chi connectivity index (χ1) is 19.0. The number of halogens is 2. The third-order valence-electron chi connectivity index (χ3n) is 7.83. The summed E-state index contributed by atoms with van der Waals surface area (Å²) < 4.78 is 35.1. The molecule has 3 aromatic carbocycles. The minimum absolute atomic E-state index is 0.0497. The number of benzene rings is 3. The molecule has 0 atom stereocenters. The molecule has 39 heavy (non-hydrogen) atoms. The van der Waals surface area contributed by atoms with E-state index in [1.54, 1.807) is 12.1 Å². The van der Waals surface area contributed by atoms with Crippen molar-refractivity contribution in [2.45, 2.75) is 64.2 Å². The van der Waals surface area contributed by atoms with Crippen LogP contribution in [0, 0.1) is 17.6 Å². The van der Waals surface area contributed by atoms with Crippen LogP contribution < -0.4 is 10.1 Å². The maximum atomic E-state index is 15.1. The number of hydrogen-bond acceptors (Lipinski definition) is 2. The maximum absolute atomic E-state index is 15.1. The smallest absolute Gasteiger partial charge is 0.243 e. The first kappa shape index (κ1) is 28.5. The summed E-state index contributed by atoms with van der Waals surface area (Å²) in [6.07, 6.45) is 11.7. The Morgan fingerprint density at radius 2 is 1.62 bits per heavy atom. The van der Waals surface area contributed by atoms with Gasteiger partial charge in [0, 0.05) is 5.56 Å². The Kier molecular flexibility index (Phi) is 10.3. The van der Waals surface area contributed by atoms with Crippen molar-refractivity contribution < 1.29 is 18.3 Å². The van der Waals surface area contributed by atoms with Gasteiger partial charge in [-0.05, 0) is 84.0 Å². The van der Waals surface area contributed by atoms with Crippen molar-refractivity contribution in [3.63, 3.8) is 0 Å². The molecule has 206 valence electrons. The topological polar surface area (TPSA) is 38.3 Å². The monoisotopic (exact) mass is 531 g/mol. The molecule has 0 aliphatic heterocycles. The molecule has 1 N–H and O–H groups in total. The van der Waals surface area contributed by atoms with Crippen LogP contribution in [0.5, 0.6) is 5.75 Å². The lowest BCUT2D eigenvalue weighted by Gasteiger charge is -2.29. The number of hydrogen-bond donors (Lipinski definition) is 1. The van der Waals surface area contributed by atoms with Crippen molar-refractivity contribution in [2.75, 3.05) is 13.2 Å². The molecule has 1 amide bonds. The summed E-state index contributed by atoms with van der Waals surface area (Å²) in [5.41, 5.74) is 3.91. The lowest BCUT2D eigenvalue weighted by atomic mass is 9.77. The van der Waals surface area contributed by atoms with Crippen LogP contribution in [-0.2, 0) is 4.79 Å². The van der Waals surface area contributed by atoms with E-state index in [9.17, 15) is 9.18 Å². The highest BCUT2D eigenvalue weighted by atomic mass is 19.1. The molecular formula is C34H39F2NO2. The van der Waals surface area contributed by atoms with Gasteiger partial charge in [0.05, 0.1) is 6.54 Å². The van der Waals surface area contributed by atoms with E-state index in [1.165, 1.54) is 75.1 Å². The molecule has 1 aliphatic rings. The first-order valence-corrected chi connectivity index (χ1v) is 14.2. The molecule has 4 rings (SSSR count). The summed E-state index contributed by atoms with van der Waals surface area (Å²) in [6.45, 7) is 5.97. The summed E-state index contributed by atoms with van der Waals surface area (Å²) in [6, 6.07) is 18.0. The van der Waals surface area contributed by atoms with Crippen molar-refractivity contribution in [1.29, 1.82) is 0 Å². The molecule has 3 nitrogen and oxygen atoms in total. The average molecular weight is 532 g/mol. The van der Waals surface area contributed by atoms with Gasteiger partial charge >= 0.3 is 0 Å². The van der Waals surface area contributed by atoms with Crippen LogP contribution in [0.1, 0.15) is 69.8 Å². The predicted octanol–water partition coefficient (Wildman–Crippen LogP) is 8.83. The number of carbonyl (C=O) groups excluding carboxylic acids is 1. The normalized spacial score (nSPS) is 17.0. The van der Waals surface area contributed by atoms with Crippen LogP contribution in [-0.4, -0.2) is 19.1 Å². The Morgan fingerprint density at radius 3 is 2.28 bits per heavy atom. The Hall–Kier alpha value is -3.47. The highest BCUT2D eigenvalue weighted by Gasteiger charge is 2.22. The van der Waals surface area contributed by atoms with E-state index in [0.29, 0.717) is 17.0 Å². The summed E-state index contributed by atoms with van der Waals surface area (Å²) in [7, 11) is 0. The van der Waals surface area contributed by atoms with Crippen molar-refractivity contribution in [3.8, 4) is 28.0 Å². The minimum atomic E-state index is -0.586. The van der Waals surface area contributed by atoms with Gasteiger partial charge in [-0.15, -0.1) is 0 Å². The van der Waals surface area contributed by atoms with Crippen LogP contribution in [0.15, 0.2) is 73.3 Å². The maximum Gasteiger partial charge on any atom is 0.243 e. The van der Waals surface area contributed by atoms with Gasteiger partial charge in [0.2, 0.25) is 5.91 Å². The summed E-state index contributed by atoms with van der Waals surface area (Å²) in [4.78, 5) is 11.2. The van der Waals surface area contributed by atoms with Crippen LogP contribution in [0.2, 0.25) is 0 Å². The van der Waals surface area contributed by atoms with Crippen molar-refractivity contribution in [1.82, 2.24) is 5.32 Å². The molecule has 0 heterocycles. The van der Waals surface area contributed by atoms with E-state index in [2.05, 4.69) is 43.1 Å². The van der Waals surface area contributed by atoms with E-state index >= 15 is 4.39 Å². The van der Waals surface area contributed by atoms with Crippen LogP contribution >= 0.6 is 0 Å². The van der Waals surface area contributed by atoms with Gasteiger partial charge in [0.25, 0.3) is 0 Å². The third-order valence-corrected chi connectivity index (χ3v) is 7.83. The van der Waals surface area contributed by atoms with Crippen LogP contribution in [0.25, 0.3) is 22.3 Å². The van der Waals surface area contributed by atoms with Crippen molar-refractivity contribution in [2.24, 2.45) is 5.92 Å². The number of unbranched alkanes of at least 4 members (excludes halogenated alkanes) is 2. The molecule has 1 aliphatic carbocycles. The zero-order valence-corrected chi connectivity index (χ0v) is 22.9. The fourth-order valence-corrected chi connectivity index (χ4v) is 5.54. The standard InChI is InChI=1S/C34H39F2NO2/c1-3-5-6-7-24-8-10-25(11-9-24)26-12-14-27(15-13-26)28-16-18-30(31(35)22-28)29-17-19-33(32(36)23-29)39-21-20-37-34(38)4-2/h4,12-19,22-25H,2-3,5-11,20-21H2,1H3,(H,37,38). The van der Waals surface area contributed by atoms with Gasteiger partial charge in [0.1, 0.15) is 12.4 Å². The second-order valence-corrected chi connectivity index (χ2v) is 10.5. The van der Waals surface area contributed by atoms with Gasteiger partial charge in [-0.25, -0.2) is 8.78 Å². The molecule has 1 saturated carbocycles. The molecule has 0 saturated heterocycles. The summed E-state index contributed by atoms with van der Waals surface area (Å²) in [5, 5.41) is 2.56. The van der Waals surface area contributed by atoms with E-state index in [0.717, 1.165) is 23.1 Å². The second kappa shape index (κ2) is 14.1.